The third-order valence-corrected chi connectivity index (χ3v) is 3.51. The van der Waals surface area contributed by atoms with E-state index in [1.807, 2.05) is 25.1 Å². The summed E-state index contributed by atoms with van der Waals surface area (Å²) in [7, 11) is 3.30. The zero-order valence-corrected chi connectivity index (χ0v) is 12.6. The first-order valence-electron chi connectivity index (χ1n) is 5.86. The monoisotopic (exact) mass is 314 g/mol. The lowest BCUT2D eigenvalue weighted by molar-refractivity contribution is -0.121. The Hall–Kier alpha value is -1.07. The van der Waals surface area contributed by atoms with E-state index in [4.69, 9.17) is 4.74 Å². The van der Waals surface area contributed by atoms with Gasteiger partial charge in [-0.05, 0) is 30.3 Å². The van der Waals surface area contributed by atoms with E-state index in [0.717, 1.165) is 22.3 Å². The number of likely N-dealkylation sites (N-methyl/N-ethyl adjacent to an activating group) is 2. The number of nitrogens with zero attached hydrogens (tertiary/aromatic N) is 1. The summed E-state index contributed by atoms with van der Waals surface area (Å²) in [4.78, 5) is 13.5. The van der Waals surface area contributed by atoms with Crippen molar-refractivity contribution >= 4 is 21.8 Å². The predicted molar refractivity (Wildman–Crippen MR) is 75.7 cm³/mol. The van der Waals surface area contributed by atoms with Gasteiger partial charge in [0, 0.05) is 18.1 Å². The zero-order chi connectivity index (χ0) is 13.5. The average molecular weight is 315 g/mol. The molecule has 0 atom stereocenters. The summed E-state index contributed by atoms with van der Waals surface area (Å²) in [6.07, 6.45) is 0. The fourth-order valence-electron chi connectivity index (χ4n) is 1.60. The summed E-state index contributed by atoms with van der Waals surface area (Å²) in [5.41, 5.74) is 1.11. The van der Waals surface area contributed by atoms with E-state index in [1.165, 1.54) is 0 Å². The number of hydrogen-bond acceptors (Lipinski definition) is 3. The number of rotatable bonds is 6. The van der Waals surface area contributed by atoms with E-state index in [2.05, 4.69) is 26.1 Å². The minimum Gasteiger partial charge on any atom is -0.497 e. The number of methoxy groups -OCH3 is 1. The molecule has 1 amide bonds. The van der Waals surface area contributed by atoms with Gasteiger partial charge in [0.1, 0.15) is 5.75 Å². The number of carbonyl (C=O) groups is 1. The van der Waals surface area contributed by atoms with E-state index in [9.17, 15) is 4.79 Å². The summed E-state index contributed by atoms with van der Waals surface area (Å²) in [6, 6.07) is 5.85. The van der Waals surface area contributed by atoms with Crippen LogP contribution in [0.2, 0.25) is 0 Å². The van der Waals surface area contributed by atoms with E-state index in [0.29, 0.717) is 13.1 Å². The average Bonchev–Trinajstić information content (AvgIpc) is 2.39. The van der Waals surface area contributed by atoms with Crippen LogP contribution in [0.1, 0.15) is 12.5 Å². The number of nitrogens with one attached hydrogen (secondary N) is 1. The SMILES string of the molecule is CCN(CC(=O)NC)Cc1cc(OC)ccc1Br. The molecule has 1 aromatic rings. The summed E-state index contributed by atoms with van der Waals surface area (Å²) < 4.78 is 6.24. The second-order valence-electron chi connectivity index (χ2n) is 3.93. The number of benzene rings is 1. The highest BCUT2D eigenvalue weighted by molar-refractivity contribution is 9.10. The van der Waals surface area contributed by atoms with Gasteiger partial charge in [-0.2, -0.15) is 0 Å². The van der Waals surface area contributed by atoms with Crippen LogP contribution in [-0.4, -0.2) is 38.1 Å². The number of ether oxygens (including phenoxy) is 1. The molecule has 1 rings (SSSR count). The van der Waals surface area contributed by atoms with Crippen molar-refractivity contribution < 1.29 is 9.53 Å². The molecule has 0 aliphatic carbocycles. The topological polar surface area (TPSA) is 41.6 Å². The van der Waals surface area contributed by atoms with Crippen LogP contribution in [0.15, 0.2) is 22.7 Å². The normalized spacial score (nSPS) is 10.5. The molecule has 0 aromatic heterocycles. The molecular weight excluding hydrogens is 296 g/mol. The lowest BCUT2D eigenvalue weighted by atomic mass is 10.2. The second kappa shape index (κ2) is 7.38. The van der Waals surface area contributed by atoms with Gasteiger partial charge in [0.05, 0.1) is 13.7 Å². The van der Waals surface area contributed by atoms with Crippen molar-refractivity contribution in [2.24, 2.45) is 0 Å². The van der Waals surface area contributed by atoms with Crippen molar-refractivity contribution in [3.8, 4) is 5.75 Å². The Morgan fingerprint density at radius 3 is 2.78 bits per heavy atom. The molecule has 0 bridgehead atoms. The fourth-order valence-corrected chi connectivity index (χ4v) is 1.97. The predicted octanol–water partition coefficient (Wildman–Crippen LogP) is 2.03. The standard InChI is InChI=1S/C13H19BrN2O2/c1-4-16(9-13(17)15-2)8-10-7-11(18-3)5-6-12(10)14/h5-7H,4,8-9H2,1-3H3,(H,15,17). The van der Waals surface area contributed by atoms with Gasteiger partial charge in [0.15, 0.2) is 0 Å². The molecular formula is C13H19BrN2O2. The van der Waals surface area contributed by atoms with Gasteiger partial charge >= 0.3 is 0 Å². The Kier molecular flexibility index (Phi) is 6.15. The van der Waals surface area contributed by atoms with Crippen molar-refractivity contribution in [1.29, 1.82) is 0 Å². The molecule has 1 aromatic carbocycles. The molecule has 0 spiro atoms. The Bertz CT molecular complexity index is 410. The fraction of sp³-hybridized carbons (Fsp3) is 0.462. The van der Waals surface area contributed by atoms with Crippen LogP contribution in [-0.2, 0) is 11.3 Å². The van der Waals surface area contributed by atoms with E-state index >= 15 is 0 Å². The molecule has 0 unspecified atom stereocenters. The van der Waals surface area contributed by atoms with Gasteiger partial charge in [-0.1, -0.05) is 22.9 Å². The Morgan fingerprint density at radius 1 is 1.50 bits per heavy atom. The largest absolute Gasteiger partial charge is 0.497 e. The third kappa shape index (κ3) is 4.31. The van der Waals surface area contributed by atoms with Crippen LogP contribution in [0.5, 0.6) is 5.75 Å². The van der Waals surface area contributed by atoms with Crippen LogP contribution in [0.25, 0.3) is 0 Å². The molecule has 0 aliphatic rings. The molecule has 1 N–H and O–H groups in total. The summed E-state index contributed by atoms with van der Waals surface area (Å²) in [5, 5.41) is 2.64. The molecule has 0 radical (unpaired) electrons. The minimum absolute atomic E-state index is 0.0240. The number of carbonyl (C=O) groups excluding carboxylic acids is 1. The first-order valence-corrected chi connectivity index (χ1v) is 6.65. The third-order valence-electron chi connectivity index (χ3n) is 2.74. The lowest BCUT2D eigenvalue weighted by Crippen LogP contribution is -2.35. The molecule has 0 heterocycles. The van der Waals surface area contributed by atoms with Gasteiger partial charge in [-0.25, -0.2) is 0 Å². The van der Waals surface area contributed by atoms with E-state index < -0.39 is 0 Å². The molecule has 100 valence electrons. The van der Waals surface area contributed by atoms with Crippen molar-refractivity contribution in [2.45, 2.75) is 13.5 Å². The number of halogens is 1. The van der Waals surface area contributed by atoms with Crippen LogP contribution < -0.4 is 10.1 Å². The van der Waals surface area contributed by atoms with Crippen LogP contribution in [0.4, 0.5) is 0 Å². The van der Waals surface area contributed by atoms with Gasteiger partial charge in [-0.3, -0.25) is 9.69 Å². The summed E-state index contributed by atoms with van der Waals surface area (Å²) in [6.45, 7) is 3.96. The van der Waals surface area contributed by atoms with Crippen LogP contribution >= 0.6 is 15.9 Å². The highest BCUT2D eigenvalue weighted by Crippen LogP contribution is 2.23. The highest BCUT2D eigenvalue weighted by Gasteiger charge is 2.11. The first-order chi connectivity index (χ1) is 8.60. The molecule has 18 heavy (non-hydrogen) atoms. The quantitative estimate of drug-likeness (QED) is 0.873. The molecule has 0 saturated heterocycles. The molecule has 4 nitrogen and oxygen atoms in total. The van der Waals surface area contributed by atoms with E-state index in [1.54, 1.807) is 14.2 Å². The maximum Gasteiger partial charge on any atom is 0.233 e. The summed E-state index contributed by atoms with van der Waals surface area (Å²) in [5.74, 6) is 0.847. The maximum atomic E-state index is 11.4. The van der Waals surface area contributed by atoms with Crippen molar-refractivity contribution in [2.75, 3.05) is 27.2 Å². The molecule has 0 saturated carbocycles. The molecule has 0 aliphatic heterocycles. The Morgan fingerprint density at radius 2 is 2.22 bits per heavy atom. The number of hydrogen-bond donors (Lipinski definition) is 1. The number of amides is 1. The smallest absolute Gasteiger partial charge is 0.233 e. The Labute approximate surface area is 116 Å². The zero-order valence-electron chi connectivity index (χ0n) is 11.0. The van der Waals surface area contributed by atoms with Crippen LogP contribution in [0, 0.1) is 0 Å². The maximum absolute atomic E-state index is 11.4. The van der Waals surface area contributed by atoms with E-state index in [-0.39, 0.29) is 5.91 Å². The highest BCUT2D eigenvalue weighted by atomic mass is 79.9. The minimum atomic E-state index is 0.0240. The lowest BCUT2D eigenvalue weighted by Gasteiger charge is -2.20. The van der Waals surface area contributed by atoms with Crippen molar-refractivity contribution in [3.05, 3.63) is 28.2 Å². The second-order valence-corrected chi connectivity index (χ2v) is 4.79. The van der Waals surface area contributed by atoms with Gasteiger partial charge in [-0.15, -0.1) is 0 Å². The molecule has 5 heteroatoms. The first kappa shape index (κ1) is 15.0. The van der Waals surface area contributed by atoms with Gasteiger partial charge in [0.25, 0.3) is 0 Å². The van der Waals surface area contributed by atoms with Gasteiger partial charge in [0.2, 0.25) is 5.91 Å². The van der Waals surface area contributed by atoms with Crippen molar-refractivity contribution in [1.82, 2.24) is 10.2 Å². The summed E-state index contributed by atoms with van der Waals surface area (Å²) >= 11 is 3.52. The molecule has 0 fully saturated rings. The van der Waals surface area contributed by atoms with Crippen molar-refractivity contribution in [3.63, 3.8) is 0 Å². The van der Waals surface area contributed by atoms with Crippen LogP contribution in [0.3, 0.4) is 0 Å². The Balaban J connectivity index is 2.77. The van der Waals surface area contributed by atoms with Gasteiger partial charge < -0.3 is 10.1 Å².